The van der Waals surface area contributed by atoms with E-state index in [1.165, 1.54) is 14.2 Å². The third-order valence-electron chi connectivity index (χ3n) is 2.52. The van der Waals surface area contributed by atoms with Crippen molar-refractivity contribution in [2.45, 2.75) is 24.7 Å². The lowest BCUT2D eigenvalue weighted by Gasteiger charge is -2.38. The second-order valence-corrected chi connectivity index (χ2v) is 3.13. The van der Waals surface area contributed by atoms with Gasteiger partial charge in [-0.2, -0.15) is 0 Å². The number of hydrogen-bond acceptors (Lipinski definition) is 7. The van der Waals surface area contributed by atoms with Crippen LogP contribution >= 0.6 is 0 Å². The molecule has 1 saturated carbocycles. The molecule has 0 aliphatic heterocycles. The van der Waals surface area contributed by atoms with Crippen molar-refractivity contribution in [1.29, 1.82) is 0 Å². The lowest BCUT2D eigenvalue weighted by molar-refractivity contribution is -0.213. The van der Waals surface area contributed by atoms with E-state index in [1.54, 1.807) is 0 Å². The summed E-state index contributed by atoms with van der Waals surface area (Å²) in [6.45, 7) is 0. The molecule has 1 aliphatic carbocycles. The number of rotatable bonds is 2. The van der Waals surface area contributed by atoms with E-state index in [-0.39, 0.29) is 17.8 Å². The predicted octanol–water partition coefficient (Wildman–Crippen LogP) is -0.209. The average Bonchev–Trinajstić information content (AvgIpc) is 2.28. The first-order valence-corrected chi connectivity index (χ1v) is 4.38. The monoisotopic (exact) mass is 218 g/mol. The number of hydrogen-bond donors (Lipinski definition) is 3. The van der Waals surface area contributed by atoms with Crippen LogP contribution in [0.3, 0.4) is 0 Å². The van der Waals surface area contributed by atoms with E-state index in [1.807, 2.05) is 0 Å². The van der Waals surface area contributed by atoms with Crippen LogP contribution in [-0.2, 0) is 9.47 Å². The Morgan fingerprint density at radius 3 is 2.27 bits per heavy atom. The van der Waals surface area contributed by atoms with E-state index in [0.717, 1.165) is 0 Å². The molecule has 0 heterocycles. The quantitative estimate of drug-likeness (QED) is 0.338. The number of nitrogens with zero attached hydrogens (tertiary/aromatic N) is 2. The SMILES string of the molecule is COC1(OC)C(=N\O)/C(=N\O)CC[C@H]1O. The van der Waals surface area contributed by atoms with E-state index in [4.69, 9.17) is 19.9 Å². The highest BCUT2D eigenvalue weighted by atomic mass is 16.7. The topological polar surface area (TPSA) is 104 Å². The van der Waals surface area contributed by atoms with Crippen LogP contribution < -0.4 is 0 Å². The van der Waals surface area contributed by atoms with Gasteiger partial charge in [0.25, 0.3) is 0 Å². The molecule has 7 heteroatoms. The Morgan fingerprint density at radius 1 is 1.27 bits per heavy atom. The maximum absolute atomic E-state index is 9.76. The van der Waals surface area contributed by atoms with E-state index in [9.17, 15) is 5.11 Å². The predicted molar refractivity (Wildman–Crippen MR) is 50.4 cm³/mol. The fourth-order valence-corrected chi connectivity index (χ4v) is 1.71. The highest BCUT2D eigenvalue weighted by molar-refractivity contribution is 6.45. The van der Waals surface area contributed by atoms with Gasteiger partial charge in [0.15, 0.2) is 5.71 Å². The zero-order valence-corrected chi connectivity index (χ0v) is 8.54. The van der Waals surface area contributed by atoms with Gasteiger partial charge >= 0.3 is 0 Å². The third kappa shape index (κ3) is 1.69. The molecule has 0 saturated heterocycles. The first kappa shape index (κ1) is 11.9. The fourth-order valence-electron chi connectivity index (χ4n) is 1.71. The fraction of sp³-hybridized carbons (Fsp3) is 0.750. The first-order valence-electron chi connectivity index (χ1n) is 4.38. The van der Waals surface area contributed by atoms with E-state index in [0.29, 0.717) is 6.42 Å². The summed E-state index contributed by atoms with van der Waals surface area (Å²) in [6, 6.07) is 0. The maximum atomic E-state index is 9.76. The van der Waals surface area contributed by atoms with Gasteiger partial charge in [-0.15, -0.1) is 0 Å². The smallest absolute Gasteiger partial charge is 0.244 e. The minimum Gasteiger partial charge on any atom is -0.411 e. The molecule has 0 aromatic heterocycles. The van der Waals surface area contributed by atoms with Crippen LogP contribution in [0.1, 0.15) is 12.8 Å². The second kappa shape index (κ2) is 4.56. The van der Waals surface area contributed by atoms with E-state index in [2.05, 4.69) is 10.3 Å². The Morgan fingerprint density at radius 2 is 1.87 bits per heavy atom. The number of aliphatic hydroxyl groups excluding tert-OH is 1. The standard InChI is InChI=1S/C8H14N2O5/c1-14-8(15-2)6(11)4-3-5(9-12)7(8)10-13/h6,11-13H,3-4H2,1-2H3/b9-5-,10-7-/t6-/m1/s1. The molecule has 1 atom stereocenters. The summed E-state index contributed by atoms with van der Waals surface area (Å²) < 4.78 is 10.0. The molecule has 7 nitrogen and oxygen atoms in total. The summed E-state index contributed by atoms with van der Waals surface area (Å²) in [5.74, 6) is -1.57. The van der Waals surface area contributed by atoms with Crippen LogP contribution in [-0.4, -0.2) is 53.1 Å². The first-order chi connectivity index (χ1) is 7.16. The zero-order chi connectivity index (χ0) is 11.5. The Hall–Kier alpha value is -1.18. The second-order valence-electron chi connectivity index (χ2n) is 3.13. The lowest BCUT2D eigenvalue weighted by Crippen LogP contribution is -2.58. The number of methoxy groups -OCH3 is 2. The minimum atomic E-state index is -1.57. The Kier molecular flexibility index (Phi) is 3.61. The molecule has 1 rings (SSSR count). The molecule has 1 aliphatic rings. The molecule has 0 amide bonds. The molecule has 86 valence electrons. The van der Waals surface area contributed by atoms with Gasteiger partial charge < -0.3 is 25.0 Å². The van der Waals surface area contributed by atoms with Crippen molar-refractivity contribution in [3.05, 3.63) is 0 Å². The van der Waals surface area contributed by atoms with E-state index >= 15 is 0 Å². The highest BCUT2D eigenvalue weighted by Gasteiger charge is 2.50. The Bertz CT molecular complexity index is 285. The van der Waals surface area contributed by atoms with Gasteiger partial charge in [-0.25, -0.2) is 0 Å². The summed E-state index contributed by atoms with van der Waals surface area (Å²) in [5.41, 5.74) is 0.0141. The van der Waals surface area contributed by atoms with Gasteiger partial charge in [-0.3, -0.25) is 0 Å². The Labute approximate surface area is 86.6 Å². The summed E-state index contributed by atoms with van der Waals surface area (Å²) >= 11 is 0. The molecule has 0 bridgehead atoms. The molecule has 3 N–H and O–H groups in total. The Balaban J connectivity index is 3.18. The minimum absolute atomic E-state index is 0.117. The summed E-state index contributed by atoms with van der Waals surface area (Å²) in [5, 5.41) is 33.2. The van der Waals surface area contributed by atoms with Crippen molar-refractivity contribution in [2.24, 2.45) is 10.3 Å². The van der Waals surface area contributed by atoms with Gasteiger partial charge in [-0.1, -0.05) is 10.3 Å². The van der Waals surface area contributed by atoms with Gasteiger partial charge in [0.2, 0.25) is 5.79 Å². The van der Waals surface area contributed by atoms with Crippen LogP contribution in [0.15, 0.2) is 10.3 Å². The average molecular weight is 218 g/mol. The molecular weight excluding hydrogens is 204 g/mol. The zero-order valence-electron chi connectivity index (χ0n) is 8.54. The molecule has 0 unspecified atom stereocenters. The van der Waals surface area contributed by atoms with Crippen LogP contribution in [0.4, 0.5) is 0 Å². The molecule has 15 heavy (non-hydrogen) atoms. The van der Waals surface area contributed by atoms with Crippen molar-refractivity contribution < 1.29 is 25.0 Å². The summed E-state index contributed by atoms with van der Waals surface area (Å²) in [7, 11) is 2.61. The highest BCUT2D eigenvalue weighted by Crippen LogP contribution is 2.29. The van der Waals surface area contributed by atoms with Crippen LogP contribution in [0, 0.1) is 0 Å². The van der Waals surface area contributed by atoms with Crippen LogP contribution in [0.25, 0.3) is 0 Å². The van der Waals surface area contributed by atoms with Crippen molar-refractivity contribution in [3.63, 3.8) is 0 Å². The van der Waals surface area contributed by atoms with Gasteiger partial charge in [0.05, 0.1) is 0 Å². The van der Waals surface area contributed by atoms with Crippen molar-refractivity contribution in [2.75, 3.05) is 14.2 Å². The summed E-state index contributed by atoms with van der Waals surface area (Å²) in [6.07, 6.45) is -0.407. The number of oxime groups is 2. The number of ether oxygens (including phenoxy) is 2. The third-order valence-corrected chi connectivity index (χ3v) is 2.52. The van der Waals surface area contributed by atoms with Crippen molar-refractivity contribution in [1.82, 2.24) is 0 Å². The van der Waals surface area contributed by atoms with Gasteiger partial charge in [-0.05, 0) is 12.8 Å². The molecular formula is C8H14N2O5. The molecule has 1 fully saturated rings. The molecule has 0 spiro atoms. The molecule has 0 aromatic carbocycles. The lowest BCUT2D eigenvalue weighted by atomic mass is 9.87. The number of aliphatic hydroxyl groups is 1. The maximum Gasteiger partial charge on any atom is 0.244 e. The van der Waals surface area contributed by atoms with Crippen LogP contribution in [0.2, 0.25) is 0 Å². The normalized spacial score (nSPS) is 31.0. The largest absolute Gasteiger partial charge is 0.411 e. The van der Waals surface area contributed by atoms with Gasteiger partial charge in [0.1, 0.15) is 11.8 Å². The van der Waals surface area contributed by atoms with Gasteiger partial charge in [0, 0.05) is 14.2 Å². The molecule has 0 aromatic rings. The van der Waals surface area contributed by atoms with E-state index < -0.39 is 11.9 Å². The molecule has 0 radical (unpaired) electrons. The van der Waals surface area contributed by atoms with Crippen molar-refractivity contribution >= 4 is 11.4 Å². The summed E-state index contributed by atoms with van der Waals surface area (Å²) in [4.78, 5) is 0. The van der Waals surface area contributed by atoms with Crippen molar-refractivity contribution in [3.8, 4) is 0 Å². The van der Waals surface area contributed by atoms with Crippen LogP contribution in [0.5, 0.6) is 0 Å².